The van der Waals surface area contributed by atoms with Crippen LogP contribution in [0.15, 0.2) is 84.9 Å². The second kappa shape index (κ2) is 7.42. The molecule has 0 aliphatic carbocycles. The van der Waals surface area contributed by atoms with Crippen molar-refractivity contribution in [1.29, 1.82) is 0 Å². The SMILES string of the molecule is Br.PC(c1ccccc1)(c1ccccc1)c1ccccc1Cl. The molecular weight excluding hydrogens is 375 g/mol. The zero-order valence-corrected chi connectivity index (χ0v) is 15.6. The third-order valence-electron chi connectivity index (χ3n) is 3.76. The minimum absolute atomic E-state index is 0. The highest BCUT2D eigenvalue weighted by atomic mass is 79.9. The summed E-state index contributed by atoms with van der Waals surface area (Å²) in [5.41, 5.74) is 3.50. The second-order valence-corrected chi connectivity index (χ2v) is 6.29. The van der Waals surface area contributed by atoms with E-state index in [0.717, 1.165) is 10.6 Å². The summed E-state index contributed by atoms with van der Waals surface area (Å²) in [5.74, 6) is 0. The Morgan fingerprint density at radius 3 is 1.50 bits per heavy atom. The van der Waals surface area contributed by atoms with E-state index in [1.807, 2.05) is 30.3 Å². The Bertz CT molecular complexity index is 689. The average Bonchev–Trinajstić information content (AvgIpc) is 2.56. The van der Waals surface area contributed by atoms with E-state index in [2.05, 4.69) is 63.8 Å². The van der Waals surface area contributed by atoms with E-state index < -0.39 is 0 Å². The minimum Gasteiger partial charge on any atom is -0.117 e. The van der Waals surface area contributed by atoms with Crippen molar-refractivity contribution in [2.75, 3.05) is 0 Å². The second-order valence-electron chi connectivity index (χ2n) is 5.02. The van der Waals surface area contributed by atoms with Crippen LogP contribution in [0, 0.1) is 0 Å². The summed E-state index contributed by atoms with van der Waals surface area (Å²) in [6, 6.07) is 28.9. The molecule has 0 aliphatic rings. The van der Waals surface area contributed by atoms with Crippen molar-refractivity contribution < 1.29 is 0 Å². The molecule has 22 heavy (non-hydrogen) atoms. The van der Waals surface area contributed by atoms with Crippen LogP contribution in [0.3, 0.4) is 0 Å². The van der Waals surface area contributed by atoms with Crippen LogP contribution in [0.5, 0.6) is 0 Å². The lowest BCUT2D eigenvalue weighted by Gasteiger charge is -2.32. The van der Waals surface area contributed by atoms with E-state index in [9.17, 15) is 0 Å². The summed E-state index contributed by atoms with van der Waals surface area (Å²) >= 11 is 6.50. The topological polar surface area (TPSA) is 0 Å². The smallest absolute Gasteiger partial charge is 0.0606 e. The van der Waals surface area contributed by atoms with Crippen molar-refractivity contribution in [2.45, 2.75) is 5.16 Å². The first kappa shape index (κ1) is 17.2. The van der Waals surface area contributed by atoms with Crippen molar-refractivity contribution in [3.05, 3.63) is 107 Å². The Kier molecular flexibility index (Phi) is 5.81. The van der Waals surface area contributed by atoms with Gasteiger partial charge in [0, 0.05) is 5.02 Å². The van der Waals surface area contributed by atoms with Crippen LogP contribution >= 0.6 is 37.8 Å². The maximum absolute atomic E-state index is 6.50. The molecule has 0 aromatic heterocycles. The van der Waals surface area contributed by atoms with E-state index in [-0.39, 0.29) is 22.1 Å². The molecule has 0 heterocycles. The van der Waals surface area contributed by atoms with Gasteiger partial charge in [-0.25, -0.2) is 0 Å². The molecule has 112 valence electrons. The van der Waals surface area contributed by atoms with Gasteiger partial charge in [0.05, 0.1) is 5.16 Å². The summed E-state index contributed by atoms with van der Waals surface area (Å²) in [6.07, 6.45) is 0. The first-order valence-corrected chi connectivity index (χ1v) is 7.83. The molecule has 0 saturated heterocycles. The molecule has 0 spiro atoms. The minimum atomic E-state index is -0.346. The van der Waals surface area contributed by atoms with E-state index in [0.29, 0.717) is 0 Å². The molecule has 0 bridgehead atoms. The fourth-order valence-electron chi connectivity index (χ4n) is 2.66. The largest absolute Gasteiger partial charge is 0.117 e. The highest BCUT2D eigenvalue weighted by molar-refractivity contribution is 8.93. The number of hydrogen-bond acceptors (Lipinski definition) is 0. The highest BCUT2D eigenvalue weighted by Crippen LogP contribution is 2.47. The maximum atomic E-state index is 6.50. The Balaban J connectivity index is 0.00000176. The van der Waals surface area contributed by atoms with Gasteiger partial charge in [-0.15, -0.1) is 26.2 Å². The molecule has 0 saturated carbocycles. The zero-order chi connectivity index (χ0) is 14.7. The lowest BCUT2D eigenvalue weighted by Crippen LogP contribution is -2.21. The van der Waals surface area contributed by atoms with Gasteiger partial charge in [-0.2, -0.15) is 0 Å². The van der Waals surface area contributed by atoms with Gasteiger partial charge in [0.15, 0.2) is 0 Å². The predicted molar refractivity (Wildman–Crippen MR) is 104 cm³/mol. The number of hydrogen-bond donors (Lipinski definition) is 0. The van der Waals surface area contributed by atoms with Gasteiger partial charge in [-0.3, -0.25) is 0 Å². The standard InChI is InChI=1S/C19H16ClP.BrH/c20-18-14-8-7-13-17(18)19(21,15-9-3-1-4-10-15)16-11-5-2-6-12-16;/h1-14H,21H2;1H. The number of rotatable bonds is 3. The van der Waals surface area contributed by atoms with E-state index in [1.165, 1.54) is 11.1 Å². The van der Waals surface area contributed by atoms with E-state index in [4.69, 9.17) is 11.6 Å². The summed E-state index contributed by atoms with van der Waals surface area (Å²) in [4.78, 5) is 0. The van der Waals surface area contributed by atoms with Crippen LogP contribution in [-0.2, 0) is 5.16 Å². The zero-order valence-electron chi connectivity index (χ0n) is 11.9. The van der Waals surface area contributed by atoms with Gasteiger partial charge in [0.25, 0.3) is 0 Å². The highest BCUT2D eigenvalue weighted by Gasteiger charge is 2.32. The van der Waals surface area contributed by atoms with Crippen molar-refractivity contribution in [1.82, 2.24) is 0 Å². The lowest BCUT2D eigenvalue weighted by atomic mass is 9.84. The number of benzene rings is 3. The van der Waals surface area contributed by atoms with Gasteiger partial charge in [0.1, 0.15) is 0 Å². The Labute approximate surface area is 149 Å². The van der Waals surface area contributed by atoms with Crippen molar-refractivity contribution >= 4 is 37.8 Å². The normalized spacial score (nSPS) is 10.8. The van der Waals surface area contributed by atoms with Crippen molar-refractivity contribution in [3.63, 3.8) is 0 Å². The van der Waals surface area contributed by atoms with Gasteiger partial charge in [-0.1, -0.05) is 90.5 Å². The number of halogens is 2. The summed E-state index contributed by atoms with van der Waals surface area (Å²) in [7, 11) is 3.01. The predicted octanol–water partition coefficient (Wildman–Crippen LogP) is 6.08. The quantitative estimate of drug-likeness (QED) is 0.375. The average molecular weight is 392 g/mol. The van der Waals surface area contributed by atoms with Crippen LogP contribution < -0.4 is 0 Å². The first-order chi connectivity index (χ1) is 10.2. The summed E-state index contributed by atoms with van der Waals surface area (Å²) < 4.78 is 0. The van der Waals surface area contributed by atoms with Gasteiger partial charge in [0.2, 0.25) is 0 Å². The Morgan fingerprint density at radius 1 is 0.636 bits per heavy atom. The lowest BCUT2D eigenvalue weighted by molar-refractivity contribution is 0.897. The fraction of sp³-hybridized carbons (Fsp3) is 0.0526. The maximum Gasteiger partial charge on any atom is 0.0606 e. The van der Waals surface area contributed by atoms with E-state index >= 15 is 0 Å². The molecule has 3 heteroatoms. The Hall–Kier alpha value is -1.14. The fourth-order valence-corrected chi connectivity index (χ4v) is 3.67. The molecule has 1 unspecified atom stereocenters. The molecule has 3 aromatic carbocycles. The van der Waals surface area contributed by atoms with Gasteiger partial charge < -0.3 is 0 Å². The third kappa shape index (κ3) is 3.13. The van der Waals surface area contributed by atoms with Crippen molar-refractivity contribution in [3.8, 4) is 0 Å². The summed E-state index contributed by atoms with van der Waals surface area (Å²) in [6.45, 7) is 0. The molecule has 3 rings (SSSR count). The van der Waals surface area contributed by atoms with Crippen LogP contribution in [-0.4, -0.2) is 0 Å². The molecule has 3 aromatic rings. The first-order valence-electron chi connectivity index (χ1n) is 6.88. The molecular formula is C19H17BrClP. The molecule has 0 fully saturated rings. The van der Waals surface area contributed by atoms with Gasteiger partial charge >= 0.3 is 0 Å². The van der Waals surface area contributed by atoms with Gasteiger partial charge in [-0.05, 0) is 22.8 Å². The molecule has 0 aliphatic heterocycles. The molecule has 0 radical (unpaired) electrons. The van der Waals surface area contributed by atoms with Crippen LogP contribution in [0.1, 0.15) is 16.7 Å². The molecule has 0 nitrogen and oxygen atoms in total. The third-order valence-corrected chi connectivity index (χ3v) is 5.06. The van der Waals surface area contributed by atoms with Crippen LogP contribution in [0.4, 0.5) is 0 Å². The molecule has 1 atom stereocenters. The van der Waals surface area contributed by atoms with Crippen LogP contribution in [0.25, 0.3) is 0 Å². The molecule has 0 amide bonds. The van der Waals surface area contributed by atoms with Crippen molar-refractivity contribution in [2.24, 2.45) is 0 Å². The Morgan fingerprint density at radius 2 is 1.05 bits per heavy atom. The monoisotopic (exact) mass is 390 g/mol. The van der Waals surface area contributed by atoms with E-state index in [1.54, 1.807) is 0 Å². The molecule has 0 N–H and O–H groups in total. The summed E-state index contributed by atoms with van der Waals surface area (Å²) in [5, 5.41) is 0.432. The van der Waals surface area contributed by atoms with Crippen LogP contribution in [0.2, 0.25) is 5.02 Å².